The van der Waals surface area contributed by atoms with Crippen LogP contribution in [0.2, 0.25) is 0 Å². The molecule has 4 N–H and O–H groups in total. The highest BCUT2D eigenvalue weighted by molar-refractivity contribution is 7.81. The van der Waals surface area contributed by atoms with E-state index in [4.69, 9.17) is 0 Å². The van der Waals surface area contributed by atoms with Gasteiger partial charge in [-0.25, -0.2) is 0 Å². The number of nitrogens with zero attached hydrogens (tertiary/aromatic N) is 1. The maximum absolute atomic E-state index is 13.8. The third-order valence-corrected chi connectivity index (χ3v) is 8.25. The molecule has 8 heteroatoms. The van der Waals surface area contributed by atoms with Gasteiger partial charge in [-0.05, 0) is 60.2 Å². The SMILES string of the molecule is C[C@@H](NC(=O)c1cc(C(=O)N[C@@H](Cc2ccccc2)[C@H](O)C2Cc3ccccc3CN2)cc(N(C)S)c1)c1ccccc1. The third-order valence-electron chi connectivity index (χ3n) is 8.02. The summed E-state index contributed by atoms with van der Waals surface area (Å²) in [6.45, 7) is 2.57. The first kappa shape index (κ1) is 30.4. The van der Waals surface area contributed by atoms with Crippen LogP contribution in [-0.4, -0.2) is 42.2 Å². The van der Waals surface area contributed by atoms with Gasteiger partial charge in [0.25, 0.3) is 11.8 Å². The molecule has 5 rings (SSSR count). The molecule has 1 unspecified atom stereocenters. The number of nitrogens with one attached hydrogen (secondary N) is 3. The zero-order valence-electron chi connectivity index (χ0n) is 24.4. The molecule has 0 radical (unpaired) electrons. The molecule has 7 nitrogen and oxygen atoms in total. The topological polar surface area (TPSA) is 93.7 Å². The fraction of sp³-hybridized carbons (Fsp3) is 0.257. The van der Waals surface area contributed by atoms with Crippen LogP contribution in [0.3, 0.4) is 0 Å². The van der Waals surface area contributed by atoms with Crippen LogP contribution in [0.25, 0.3) is 0 Å². The van der Waals surface area contributed by atoms with Crippen LogP contribution in [0.15, 0.2) is 103 Å². The van der Waals surface area contributed by atoms with Gasteiger partial charge in [-0.3, -0.25) is 9.59 Å². The van der Waals surface area contributed by atoms with Crippen molar-refractivity contribution in [2.45, 2.75) is 50.5 Å². The lowest BCUT2D eigenvalue weighted by atomic mass is 9.88. The number of benzene rings is 4. The molecule has 222 valence electrons. The number of fused-ring (bicyclic) bond motifs is 1. The summed E-state index contributed by atoms with van der Waals surface area (Å²) in [4.78, 5) is 27.1. The minimum atomic E-state index is -0.859. The molecule has 0 saturated carbocycles. The molecule has 4 atom stereocenters. The van der Waals surface area contributed by atoms with Crippen molar-refractivity contribution in [2.75, 3.05) is 11.4 Å². The number of anilines is 1. The highest BCUT2D eigenvalue weighted by Crippen LogP contribution is 2.23. The molecule has 2 amide bonds. The van der Waals surface area contributed by atoms with E-state index < -0.39 is 12.1 Å². The molecule has 1 heterocycles. The van der Waals surface area contributed by atoms with E-state index in [1.165, 1.54) is 11.1 Å². The second-order valence-electron chi connectivity index (χ2n) is 11.1. The number of thiol groups is 1. The first-order chi connectivity index (χ1) is 20.8. The van der Waals surface area contributed by atoms with E-state index in [0.29, 0.717) is 36.2 Å². The molecule has 0 aliphatic carbocycles. The first-order valence-electron chi connectivity index (χ1n) is 14.5. The largest absolute Gasteiger partial charge is 0.389 e. The highest BCUT2D eigenvalue weighted by Gasteiger charge is 2.32. The fourth-order valence-corrected chi connectivity index (χ4v) is 5.66. The van der Waals surface area contributed by atoms with E-state index in [1.807, 2.05) is 79.7 Å². The number of rotatable bonds is 10. The van der Waals surface area contributed by atoms with Crippen LogP contribution >= 0.6 is 12.8 Å². The van der Waals surface area contributed by atoms with Crippen LogP contribution in [0.1, 0.15) is 55.9 Å². The minimum Gasteiger partial charge on any atom is -0.389 e. The van der Waals surface area contributed by atoms with Crippen molar-refractivity contribution in [2.24, 2.45) is 0 Å². The Kier molecular flexibility index (Phi) is 9.82. The van der Waals surface area contributed by atoms with Gasteiger partial charge < -0.3 is 25.4 Å². The number of amides is 2. The summed E-state index contributed by atoms with van der Waals surface area (Å²) >= 11 is 4.43. The summed E-state index contributed by atoms with van der Waals surface area (Å²) in [6, 6.07) is 31.7. The Morgan fingerprint density at radius 2 is 1.47 bits per heavy atom. The van der Waals surface area contributed by atoms with Gasteiger partial charge in [0, 0.05) is 36.4 Å². The number of hydrogen-bond donors (Lipinski definition) is 5. The number of carbonyl (C=O) groups is 2. The first-order valence-corrected chi connectivity index (χ1v) is 14.9. The Morgan fingerprint density at radius 1 is 0.884 bits per heavy atom. The number of aliphatic hydroxyl groups excluding tert-OH is 1. The van der Waals surface area contributed by atoms with Gasteiger partial charge >= 0.3 is 0 Å². The van der Waals surface area contributed by atoms with Crippen molar-refractivity contribution in [1.82, 2.24) is 16.0 Å². The quantitative estimate of drug-likeness (QED) is 0.169. The molecular formula is C35H38N4O3S. The van der Waals surface area contributed by atoms with E-state index >= 15 is 0 Å². The molecule has 0 spiro atoms. The lowest BCUT2D eigenvalue weighted by molar-refractivity contribution is 0.0688. The maximum atomic E-state index is 13.8. The standard InChI is InChI=1S/C35H38N4O3S/c1-23(25-13-7-4-8-14-25)37-34(41)28-18-29(20-30(19-28)39(2)43)35(42)38-32(17-24-11-5-3-6-12-24)33(40)31-21-26-15-9-10-16-27(26)22-36-31/h3-16,18-20,23,31-33,36,40,43H,17,21-22H2,1-2H3,(H,37,41)(H,38,42)/t23-,31?,32+,33-/m1/s1. The molecule has 0 aromatic heterocycles. The molecule has 1 aliphatic heterocycles. The average Bonchev–Trinajstić information content (AvgIpc) is 3.04. The number of hydrogen-bond acceptors (Lipinski definition) is 6. The van der Waals surface area contributed by atoms with E-state index in [9.17, 15) is 14.7 Å². The summed E-state index contributed by atoms with van der Waals surface area (Å²) in [7, 11) is 1.74. The summed E-state index contributed by atoms with van der Waals surface area (Å²) in [5, 5.41) is 21.2. The Hall–Kier alpha value is -4.11. The van der Waals surface area contributed by atoms with Gasteiger partial charge in [0.2, 0.25) is 0 Å². The molecule has 0 bridgehead atoms. The smallest absolute Gasteiger partial charge is 0.251 e. The molecule has 4 aromatic rings. The van der Waals surface area contributed by atoms with Crippen LogP contribution in [0.5, 0.6) is 0 Å². The van der Waals surface area contributed by atoms with Crippen molar-refractivity contribution < 1.29 is 14.7 Å². The van der Waals surface area contributed by atoms with Crippen molar-refractivity contribution in [3.63, 3.8) is 0 Å². The number of aliphatic hydroxyl groups is 1. The summed E-state index contributed by atoms with van der Waals surface area (Å²) in [6.07, 6.45) is 0.243. The Morgan fingerprint density at radius 3 is 2.12 bits per heavy atom. The maximum Gasteiger partial charge on any atom is 0.251 e. The lowest BCUT2D eigenvalue weighted by Crippen LogP contribution is -2.55. The average molecular weight is 595 g/mol. The van der Waals surface area contributed by atoms with Gasteiger partial charge in [-0.15, -0.1) is 0 Å². The van der Waals surface area contributed by atoms with Crippen molar-refractivity contribution in [1.29, 1.82) is 0 Å². The lowest BCUT2D eigenvalue weighted by Gasteiger charge is -2.34. The zero-order chi connectivity index (χ0) is 30.3. The molecule has 0 fully saturated rings. The Labute approximate surface area is 258 Å². The minimum absolute atomic E-state index is 0.220. The Bertz CT molecular complexity index is 1550. The van der Waals surface area contributed by atoms with Gasteiger partial charge in [-0.1, -0.05) is 97.7 Å². The van der Waals surface area contributed by atoms with Crippen LogP contribution in [0.4, 0.5) is 5.69 Å². The van der Waals surface area contributed by atoms with E-state index in [1.54, 1.807) is 29.6 Å². The molecule has 43 heavy (non-hydrogen) atoms. The molecular weight excluding hydrogens is 556 g/mol. The van der Waals surface area contributed by atoms with Crippen molar-refractivity contribution >= 4 is 30.3 Å². The van der Waals surface area contributed by atoms with E-state index in [-0.39, 0.29) is 23.9 Å². The van der Waals surface area contributed by atoms with Crippen LogP contribution < -0.4 is 20.3 Å². The monoisotopic (exact) mass is 594 g/mol. The molecule has 0 saturated heterocycles. The summed E-state index contributed by atoms with van der Waals surface area (Å²) in [5.41, 5.74) is 5.64. The predicted octanol–water partition coefficient (Wildman–Crippen LogP) is 4.88. The Balaban J connectivity index is 1.38. The summed E-state index contributed by atoms with van der Waals surface area (Å²) in [5.74, 6) is -0.674. The second kappa shape index (κ2) is 13.9. The van der Waals surface area contributed by atoms with Crippen molar-refractivity contribution in [3.05, 3.63) is 137 Å². The van der Waals surface area contributed by atoms with Gasteiger partial charge in [0.1, 0.15) is 0 Å². The van der Waals surface area contributed by atoms with E-state index in [2.05, 4.69) is 40.9 Å². The van der Waals surface area contributed by atoms with Gasteiger partial charge in [0.05, 0.1) is 18.2 Å². The molecule has 1 aliphatic rings. The van der Waals surface area contributed by atoms with Crippen LogP contribution in [0, 0.1) is 0 Å². The van der Waals surface area contributed by atoms with Gasteiger partial charge in [-0.2, -0.15) is 0 Å². The zero-order valence-corrected chi connectivity index (χ0v) is 25.3. The molecule has 4 aromatic carbocycles. The van der Waals surface area contributed by atoms with Crippen molar-refractivity contribution in [3.8, 4) is 0 Å². The third kappa shape index (κ3) is 7.65. The van der Waals surface area contributed by atoms with Gasteiger partial charge in [0.15, 0.2) is 0 Å². The number of carbonyl (C=O) groups excluding carboxylic acids is 2. The van der Waals surface area contributed by atoms with E-state index in [0.717, 1.165) is 11.1 Å². The van der Waals surface area contributed by atoms with Crippen LogP contribution in [-0.2, 0) is 19.4 Å². The predicted molar refractivity (Wildman–Crippen MR) is 174 cm³/mol. The summed E-state index contributed by atoms with van der Waals surface area (Å²) < 4.78 is 1.56. The fourth-order valence-electron chi connectivity index (χ4n) is 5.54. The highest BCUT2D eigenvalue weighted by atomic mass is 32.1. The normalized spacial score (nSPS) is 16.3. The second-order valence-corrected chi connectivity index (χ2v) is 11.7.